The fraction of sp³-hybridized carbons (Fsp3) is 0.211. The molecule has 0 aliphatic heterocycles. The topological polar surface area (TPSA) is 33.0 Å². The second-order valence-electron chi connectivity index (χ2n) is 5.55. The van der Waals surface area contributed by atoms with Crippen molar-refractivity contribution in [2.75, 3.05) is 6.61 Å². The summed E-state index contributed by atoms with van der Waals surface area (Å²) in [7, 11) is 0. The third-order valence-electron chi connectivity index (χ3n) is 3.10. The normalized spacial score (nSPS) is 11.4. The molecule has 0 aromatic heterocycles. The molecule has 0 amide bonds. The molecule has 0 bridgehead atoms. The van der Waals surface area contributed by atoms with Crippen molar-refractivity contribution in [1.29, 1.82) is 5.26 Å². The lowest BCUT2D eigenvalue weighted by Gasteiger charge is -2.12. The van der Waals surface area contributed by atoms with Crippen molar-refractivity contribution < 1.29 is 4.74 Å². The van der Waals surface area contributed by atoms with Crippen LogP contribution in [-0.2, 0) is 0 Å². The molecular formula is C19H17Cl2NO. The van der Waals surface area contributed by atoms with Gasteiger partial charge in [-0.1, -0.05) is 67.4 Å². The van der Waals surface area contributed by atoms with Gasteiger partial charge in [0.15, 0.2) is 5.75 Å². The van der Waals surface area contributed by atoms with E-state index in [0.717, 1.165) is 11.1 Å². The molecule has 4 heteroatoms. The van der Waals surface area contributed by atoms with Crippen LogP contribution in [0.3, 0.4) is 0 Å². The van der Waals surface area contributed by atoms with Crippen molar-refractivity contribution in [3.63, 3.8) is 0 Å². The number of hydrogen-bond donors (Lipinski definition) is 0. The fourth-order valence-corrected chi connectivity index (χ4v) is 2.63. The van der Waals surface area contributed by atoms with Gasteiger partial charge in [0.1, 0.15) is 0 Å². The zero-order valence-electron chi connectivity index (χ0n) is 13.0. The van der Waals surface area contributed by atoms with E-state index < -0.39 is 0 Å². The quantitative estimate of drug-likeness (QED) is 0.485. The highest BCUT2D eigenvalue weighted by molar-refractivity contribution is 6.37. The van der Waals surface area contributed by atoms with Gasteiger partial charge in [0.25, 0.3) is 0 Å². The molecule has 0 heterocycles. The first-order valence-corrected chi connectivity index (χ1v) is 8.06. The number of nitrogens with zero attached hydrogens (tertiary/aromatic N) is 1. The minimum Gasteiger partial charge on any atom is -0.490 e. The molecule has 0 radical (unpaired) electrons. The van der Waals surface area contributed by atoms with Gasteiger partial charge in [0.05, 0.1) is 28.3 Å². The summed E-state index contributed by atoms with van der Waals surface area (Å²) in [6, 6.07) is 15.2. The van der Waals surface area contributed by atoms with Crippen molar-refractivity contribution >= 4 is 34.9 Å². The lowest BCUT2D eigenvalue weighted by molar-refractivity contribution is 0.271. The number of ether oxygens (including phenoxy) is 1. The van der Waals surface area contributed by atoms with E-state index in [2.05, 4.69) is 19.9 Å². The van der Waals surface area contributed by atoms with Crippen molar-refractivity contribution in [3.05, 3.63) is 63.6 Å². The van der Waals surface area contributed by atoms with Gasteiger partial charge in [0, 0.05) is 0 Å². The number of nitriles is 1. The highest BCUT2D eigenvalue weighted by atomic mass is 35.5. The molecule has 118 valence electrons. The molecule has 0 fully saturated rings. The summed E-state index contributed by atoms with van der Waals surface area (Å²) in [4.78, 5) is 0. The Balaban J connectivity index is 2.34. The second-order valence-corrected chi connectivity index (χ2v) is 6.37. The molecule has 0 unspecified atom stereocenters. The van der Waals surface area contributed by atoms with Gasteiger partial charge < -0.3 is 4.74 Å². The van der Waals surface area contributed by atoms with E-state index >= 15 is 0 Å². The van der Waals surface area contributed by atoms with Crippen LogP contribution in [0.5, 0.6) is 5.75 Å². The molecule has 23 heavy (non-hydrogen) atoms. The molecule has 0 saturated heterocycles. The van der Waals surface area contributed by atoms with Crippen LogP contribution in [-0.4, -0.2) is 6.61 Å². The fourth-order valence-electron chi connectivity index (χ4n) is 2.02. The zero-order valence-corrected chi connectivity index (χ0v) is 14.5. The van der Waals surface area contributed by atoms with Crippen LogP contribution in [0.25, 0.3) is 11.6 Å². The van der Waals surface area contributed by atoms with Crippen LogP contribution >= 0.6 is 23.2 Å². The maximum Gasteiger partial charge on any atom is 0.156 e. The van der Waals surface area contributed by atoms with Crippen molar-refractivity contribution in [2.45, 2.75) is 13.8 Å². The average Bonchev–Trinajstić information content (AvgIpc) is 2.52. The molecule has 2 nitrogen and oxygen atoms in total. The van der Waals surface area contributed by atoms with Crippen LogP contribution in [0.4, 0.5) is 0 Å². The number of allylic oxidation sites excluding steroid dienone is 1. The minimum atomic E-state index is 0.380. The van der Waals surface area contributed by atoms with Gasteiger partial charge in [-0.15, -0.1) is 0 Å². The summed E-state index contributed by atoms with van der Waals surface area (Å²) in [5.74, 6) is 0.863. The van der Waals surface area contributed by atoms with Crippen molar-refractivity contribution in [2.24, 2.45) is 5.92 Å². The molecule has 0 aliphatic rings. The first kappa shape index (κ1) is 17.4. The summed E-state index contributed by atoms with van der Waals surface area (Å²) in [6.07, 6.45) is 1.76. The van der Waals surface area contributed by atoms with E-state index in [1.54, 1.807) is 18.2 Å². The minimum absolute atomic E-state index is 0.380. The van der Waals surface area contributed by atoms with Crippen LogP contribution in [0.1, 0.15) is 25.0 Å². The van der Waals surface area contributed by atoms with E-state index in [1.807, 2.05) is 30.3 Å². The van der Waals surface area contributed by atoms with Crippen molar-refractivity contribution in [3.8, 4) is 11.8 Å². The van der Waals surface area contributed by atoms with E-state index in [-0.39, 0.29) is 0 Å². The number of benzene rings is 2. The largest absolute Gasteiger partial charge is 0.490 e. The van der Waals surface area contributed by atoms with E-state index in [9.17, 15) is 5.26 Å². The lowest BCUT2D eigenvalue weighted by atomic mass is 10.0. The summed E-state index contributed by atoms with van der Waals surface area (Å²) in [5, 5.41) is 10.2. The number of rotatable bonds is 5. The van der Waals surface area contributed by atoms with Crippen LogP contribution < -0.4 is 4.74 Å². The summed E-state index contributed by atoms with van der Waals surface area (Å²) < 4.78 is 5.65. The molecule has 0 saturated carbocycles. The third-order valence-corrected chi connectivity index (χ3v) is 3.66. The highest BCUT2D eigenvalue weighted by Crippen LogP contribution is 2.35. The van der Waals surface area contributed by atoms with Gasteiger partial charge in [-0.25, -0.2) is 0 Å². The molecule has 2 aromatic carbocycles. The Morgan fingerprint density at radius 3 is 2.30 bits per heavy atom. The van der Waals surface area contributed by atoms with Crippen molar-refractivity contribution in [1.82, 2.24) is 0 Å². The maximum absolute atomic E-state index is 9.37. The predicted molar refractivity (Wildman–Crippen MR) is 96.7 cm³/mol. The molecule has 2 rings (SSSR count). The third kappa shape index (κ3) is 4.76. The van der Waals surface area contributed by atoms with Crippen LogP contribution in [0, 0.1) is 17.2 Å². The van der Waals surface area contributed by atoms with Gasteiger partial charge in [0.2, 0.25) is 0 Å². The molecule has 2 aromatic rings. The summed E-state index contributed by atoms with van der Waals surface area (Å²) >= 11 is 12.5. The molecular weight excluding hydrogens is 329 g/mol. The lowest BCUT2D eigenvalue weighted by Crippen LogP contribution is -2.05. The standard InChI is InChI=1S/C19H17Cl2NO/c1-13(2)12-23-19-17(20)9-14(10-18(19)21)8-16(11-22)15-6-4-3-5-7-15/h3-10,13H,12H2,1-2H3/b16-8+. The van der Waals surface area contributed by atoms with E-state index in [0.29, 0.717) is 33.9 Å². The van der Waals surface area contributed by atoms with Crippen LogP contribution in [0.15, 0.2) is 42.5 Å². The Bertz CT molecular complexity index is 723. The molecule has 0 aliphatic carbocycles. The number of halogens is 2. The Labute approximate surface area is 146 Å². The van der Waals surface area contributed by atoms with Gasteiger partial charge in [-0.2, -0.15) is 5.26 Å². The average molecular weight is 346 g/mol. The Morgan fingerprint density at radius 1 is 1.17 bits per heavy atom. The molecule has 0 spiro atoms. The Morgan fingerprint density at radius 2 is 1.78 bits per heavy atom. The second kappa shape index (κ2) is 8.06. The smallest absolute Gasteiger partial charge is 0.156 e. The summed E-state index contributed by atoms with van der Waals surface area (Å²) in [5.41, 5.74) is 2.16. The maximum atomic E-state index is 9.37. The van der Waals surface area contributed by atoms with Gasteiger partial charge in [-0.3, -0.25) is 0 Å². The van der Waals surface area contributed by atoms with E-state index in [4.69, 9.17) is 27.9 Å². The zero-order chi connectivity index (χ0) is 16.8. The Hall–Kier alpha value is -1.95. The monoisotopic (exact) mass is 345 g/mol. The SMILES string of the molecule is CC(C)COc1c(Cl)cc(/C=C(\C#N)c2ccccc2)cc1Cl. The molecule has 0 atom stereocenters. The Kier molecular flexibility index (Phi) is 6.10. The summed E-state index contributed by atoms with van der Waals surface area (Å²) in [6.45, 7) is 4.65. The van der Waals surface area contributed by atoms with Gasteiger partial charge >= 0.3 is 0 Å². The molecule has 0 N–H and O–H groups in total. The van der Waals surface area contributed by atoms with E-state index in [1.165, 1.54) is 0 Å². The first-order chi connectivity index (χ1) is 11.0. The first-order valence-electron chi connectivity index (χ1n) is 7.30. The van der Waals surface area contributed by atoms with Crippen LogP contribution in [0.2, 0.25) is 10.0 Å². The highest BCUT2D eigenvalue weighted by Gasteiger charge is 2.11. The number of hydrogen-bond acceptors (Lipinski definition) is 2. The predicted octanol–water partition coefficient (Wildman–Crippen LogP) is 6.09. The van der Waals surface area contributed by atoms with Gasteiger partial charge in [-0.05, 0) is 35.3 Å².